The summed E-state index contributed by atoms with van der Waals surface area (Å²) in [5.74, 6) is 0. The Balaban J connectivity index is 2.11. The highest BCUT2D eigenvalue weighted by molar-refractivity contribution is 5.13. The van der Waals surface area contributed by atoms with Crippen LogP contribution in [0.5, 0.6) is 0 Å². The predicted molar refractivity (Wildman–Crippen MR) is 58.1 cm³/mol. The average molecular weight is 250 g/mol. The number of hydrogen-bond donors (Lipinski definition) is 2. The summed E-state index contributed by atoms with van der Waals surface area (Å²) in [4.78, 5) is 0. The van der Waals surface area contributed by atoms with E-state index in [0.29, 0.717) is 13.0 Å². The lowest BCUT2D eigenvalue weighted by Gasteiger charge is -2.60. The number of ether oxygens (including phenoxy) is 1. The van der Waals surface area contributed by atoms with E-state index in [1.165, 1.54) is 0 Å². The van der Waals surface area contributed by atoms with Crippen molar-refractivity contribution in [2.75, 3.05) is 33.2 Å². The fourth-order valence-corrected chi connectivity index (χ4v) is 3.28. The van der Waals surface area contributed by atoms with Crippen molar-refractivity contribution < 1.29 is 23.7 Å². The topological polar surface area (TPSA) is 49.7 Å². The van der Waals surface area contributed by atoms with Gasteiger partial charge in [-0.1, -0.05) is 0 Å². The van der Waals surface area contributed by atoms with Crippen molar-refractivity contribution in [3.63, 3.8) is 0 Å². The number of hydrogen-bond acceptors (Lipinski definition) is 3. The summed E-state index contributed by atoms with van der Waals surface area (Å²) in [7, 11) is 0. The molecule has 17 heavy (non-hydrogen) atoms. The van der Waals surface area contributed by atoms with Crippen molar-refractivity contribution in [2.45, 2.75) is 31.3 Å². The van der Waals surface area contributed by atoms with Crippen molar-refractivity contribution in [1.29, 1.82) is 0 Å². The number of aliphatic hydroxyl groups excluding tert-OH is 1. The van der Waals surface area contributed by atoms with Crippen LogP contribution < -0.4 is 0 Å². The molecule has 3 nitrogen and oxygen atoms in total. The van der Waals surface area contributed by atoms with Gasteiger partial charge in [0.2, 0.25) is 0 Å². The van der Waals surface area contributed by atoms with Crippen molar-refractivity contribution in [3.05, 3.63) is 0 Å². The van der Waals surface area contributed by atoms with Crippen molar-refractivity contribution in [1.82, 2.24) is 0 Å². The van der Waals surface area contributed by atoms with E-state index in [4.69, 9.17) is 4.74 Å². The molecule has 0 aromatic carbocycles. The summed E-state index contributed by atoms with van der Waals surface area (Å²) in [6.07, 6.45) is 1.57. The molecule has 0 amide bonds. The van der Waals surface area contributed by atoms with Crippen LogP contribution in [0.25, 0.3) is 0 Å². The first kappa shape index (κ1) is 13.2. The second-order valence-corrected chi connectivity index (χ2v) is 5.75. The summed E-state index contributed by atoms with van der Waals surface area (Å²) < 4.78 is 30.9. The lowest BCUT2D eigenvalue weighted by Crippen LogP contribution is -2.66. The minimum atomic E-state index is -1.18. The van der Waals surface area contributed by atoms with Crippen LogP contribution in [0.2, 0.25) is 0 Å². The van der Waals surface area contributed by atoms with Crippen LogP contribution in [0.1, 0.15) is 25.7 Å². The van der Waals surface area contributed by atoms with Gasteiger partial charge in [0.1, 0.15) is 0 Å². The Hall–Kier alpha value is -0.260. The first-order valence-electron chi connectivity index (χ1n) is 6.08. The zero-order chi connectivity index (χ0) is 12.6. The van der Waals surface area contributed by atoms with Gasteiger partial charge in [-0.15, -0.1) is 0 Å². The van der Waals surface area contributed by atoms with E-state index in [2.05, 4.69) is 0 Å². The van der Waals surface area contributed by atoms with Crippen LogP contribution in [-0.2, 0) is 4.74 Å². The van der Waals surface area contributed by atoms with Crippen LogP contribution in [0, 0.1) is 10.8 Å². The zero-order valence-corrected chi connectivity index (χ0v) is 9.92. The van der Waals surface area contributed by atoms with Crippen LogP contribution in [0.3, 0.4) is 0 Å². The van der Waals surface area contributed by atoms with Gasteiger partial charge in [0.15, 0.2) is 0 Å². The Morgan fingerprint density at radius 1 is 1.18 bits per heavy atom. The maximum atomic E-state index is 12.8. The Bertz CT molecular complexity index is 265. The third-order valence-electron chi connectivity index (χ3n) is 4.51. The highest BCUT2D eigenvalue weighted by atomic mass is 19.1. The molecular formula is C12H20F2O3. The summed E-state index contributed by atoms with van der Waals surface area (Å²) in [5.41, 5.74) is -2.95. The Kier molecular flexibility index (Phi) is 3.45. The third-order valence-corrected chi connectivity index (χ3v) is 4.51. The lowest BCUT2D eigenvalue weighted by atomic mass is 9.50. The van der Waals surface area contributed by atoms with Crippen LogP contribution in [0.15, 0.2) is 0 Å². The normalized spacial score (nSPS) is 35.3. The first-order valence-corrected chi connectivity index (χ1v) is 6.08. The molecule has 0 aromatic heterocycles. The van der Waals surface area contributed by atoms with Gasteiger partial charge in [0.25, 0.3) is 0 Å². The molecule has 1 atom stereocenters. The van der Waals surface area contributed by atoms with Gasteiger partial charge >= 0.3 is 0 Å². The molecule has 2 aliphatic rings. The molecule has 2 rings (SSSR count). The molecule has 1 aliphatic heterocycles. The minimum Gasteiger partial charge on any atom is -0.396 e. The molecule has 0 aromatic rings. The highest BCUT2D eigenvalue weighted by Crippen LogP contribution is 2.58. The first-order chi connectivity index (χ1) is 8.05. The zero-order valence-electron chi connectivity index (χ0n) is 9.92. The van der Waals surface area contributed by atoms with Gasteiger partial charge in [0, 0.05) is 17.4 Å². The van der Waals surface area contributed by atoms with E-state index >= 15 is 0 Å². The van der Waals surface area contributed by atoms with Crippen LogP contribution in [-0.4, -0.2) is 49.0 Å². The van der Waals surface area contributed by atoms with E-state index in [-0.39, 0.29) is 26.1 Å². The largest absolute Gasteiger partial charge is 0.396 e. The second kappa shape index (κ2) is 4.44. The molecule has 0 bridgehead atoms. The van der Waals surface area contributed by atoms with E-state index in [1.807, 2.05) is 0 Å². The predicted octanol–water partition coefficient (Wildman–Crippen LogP) is 1.23. The molecule has 1 saturated carbocycles. The molecule has 2 N–H and O–H groups in total. The highest BCUT2D eigenvalue weighted by Gasteiger charge is 2.64. The lowest BCUT2D eigenvalue weighted by molar-refractivity contribution is -0.250. The maximum Gasteiger partial charge on any atom is 0.0977 e. The number of alkyl halides is 2. The van der Waals surface area contributed by atoms with Crippen LogP contribution in [0.4, 0.5) is 8.78 Å². The number of aliphatic hydroxyl groups is 2. The summed E-state index contributed by atoms with van der Waals surface area (Å²) in [5, 5.41) is 20.0. The summed E-state index contributed by atoms with van der Waals surface area (Å²) >= 11 is 0. The molecule has 1 unspecified atom stereocenters. The van der Waals surface area contributed by atoms with Gasteiger partial charge in [-0.25, -0.2) is 0 Å². The SMILES string of the molecule is OCC1(C2(O)CC(CF)(CF)C2)CCCOC1. The molecule has 2 fully saturated rings. The molecule has 5 heteroatoms. The molecule has 0 radical (unpaired) electrons. The molecule has 1 saturated heterocycles. The fraction of sp³-hybridized carbons (Fsp3) is 1.00. The average Bonchev–Trinajstić information content (AvgIpc) is 2.35. The smallest absolute Gasteiger partial charge is 0.0977 e. The van der Waals surface area contributed by atoms with Crippen molar-refractivity contribution in [2.24, 2.45) is 10.8 Å². The van der Waals surface area contributed by atoms with Gasteiger partial charge in [0.05, 0.1) is 32.2 Å². The van der Waals surface area contributed by atoms with E-state index in [1.54, 1.807) is 0 Å². The van der Waals surface area contributed by atoms with E-state index in [9.17, 15) is 19.0 Å². The Morgan fingerprint density at radius 2 is 1.82 bits per heavy atom. The molecule has 0 spiro atoms. The quantitative estimate of drug-likeness (QED) is 0.789. The third kappa shape index (κ3) is 1.88. The molecule has 1 heterocycles. The summed E-state index contributed by atoms with van der Waals surface area (Å²) in [6, 6.07) is 0. The number of halogens is 2. The summed E-state index contributed by atoms with van der Waals surface area (Å²) in [6.45, 7) is -0.815. The Labute approximate surface area is 99.8 Å². The van der Waals surface area contributed by atoms with Gasteiger partial charge in [-0.05, 0) is 25.7 Å². The van der Waals surface area contributed by atoms with Gasteiger partial charge < -0.3 is 14.9 Å². The van der Waals surface area contributed by atoms with E-state index in [0.717, 1.165) is 6.42 Å². The minimum absolute atomic E-state index is 0.0803. The fourth-order valence-electron chi connectivity index (χ4n) is 3.28. The van der Waals surface area contributed by atoms with Crippen molar-refractivity contribution >= 4 is 0 Å². The number of rotatable bonds is 4. The van der Waals surface area contributed by atoms with E-state index < -0.39 is 29.8 Å². The van der Waals surface area contributed by atoms with Crippen molar-refractivity contribution in [3.8, 4) is 0 Å². The maximum absolute atomic E-state index is 12.8. The molecular weight excluding hydrogens is 230 g/mol. The van der Waals surface area contributed by atoms with Gasteiger partial charge in [-0.3, -0.25) is 8.78 Å². The van der Waals surface area contributed by atoms with Crippen LogP contribution >= 0.6 is 0 Å². The second-order valence-electron chi connectivity index (χ2n) is 5.75. The molecule has 1 aliphatic carbocycles. The van der Waals surface area contributed by atoms with Gasteiger partial charge in [-0.2, -0.15) is 0 Å². The molecule has 100 valence electrons. The Morgan fingerprint density at radius 3 is 2.24 bits per heavy atom. The monoisotopic (exact) mass is 250 g/mol. The standard InChI is InChI=1S/C12H20F2O3/c13-6-10(7-14)4-12(16,5-10)11(8-15)2-1-3-17-9-11/h15-16H,1-9H2.